The first kappa shape index (κ1) is 13.3. The number of rotatable bonds is 1. The van der Waals surface area contributed by atoms with Gasteiger partial charge in [0.15, 0.2) is 0 Å². The third kappa shape index (κ3) is 1.90. The third-order valence-corrected chi connectivity index (χ3v) is 4.54. The Morgan fingerprint density at radius 1 is 1.44 bits per heavy atom. The molecule has 0 bridgehead atoms. The maximum atomic E-state index is 11.5. The summed E-state index contributed by atoms with van der Waals surface area (Å²) in [4.78, 5) is 23.6. The summed E-state index contributed by atoms with van der Waals surface area (Å²) in [6, 6.07) is 1.45. The maximum Gasteiger partial charge on any atom is 0.375 e. The van der Waals surface area contributed by atoms with Crippen LogP contribution in [-0.2, 0) is 0 Å². The lowest BCUT2D eigenvalue weighted by atomic mass is 10.2. The van der Waals surface area contributed by atoms with Gasteiger partial charge in [0.1, 0.15) is 0 Å². The molecule has 1 aromatic heterocycles. The van der Waals surface area contributed by atoms with Crippen LogP contribution in [0.3, 0.4) is 0 Å². The van der Waals surface area contributed by atoms with Gasteiger partial charge in [0.2, 0.25) is 5.75 Å². The van der Waals surface area contributed by atoms with Gasteiger partial charge < -0.3 is 10.1 Å². The summed E-state index contributed by atoms with van der Waals surface area (Å²) in [5.74, 6) is -0.722. The summed E-state index contributed by atoms with van der Waals surface area (Å²) in [7, 11) is 0. The second-order valence-electron chi connectivity index (χ2n) is 3.32. The summed E-state index contributed by atoms with van der Waals surface area (Å²) in [6.45, 7) is 0. The number of hydrogen-bond acceptors (Lipinski definition) is 4. The Morgan fingerprint density at radius 3 is 2.61 bits per heavy atom. The minimum atomic E-state index is -0.980. The topological polar surface area (TPSA) is 96.2 Å². The lowest BCUT2D eigenvalue weighted by molar-refractivity contribution is -0.387. The highest BCUT2D eigenvalue weighted by atomic mass is 79.9. The summed E-state index contributed by atoms with van der Waals surface area (Å²) < 4.78 is 0.734. The van der Waals surface area contributed by atoms with E-state index in [1.54, 1.807) is 0 Å². The number of nitrogens with zero attached hydrogens (tertiary/aromatic N) is 1. The van der Waals surface area contributed by atoms with Crippen molar-refractivity contribution >= 4 is 60.1 Å². The van der Waals surface area contributed by atoms with Crippen LogP contribution in [0.4, 0.5) is 5.69 Å². The van der Waals surface area contributed by atoms with Gasteiger partial charge in [-0.15, -0.1) is 0 Å². The molecule has 0 saturated heterocycles. The molecule has 1 heterocycles. The van der Waals surface area contributed by atoms with Gasteiger partial charge in [0.25, 0.3) is 0 Å². The second-order valence-corrected chi connectivity index (χ2v) is 5.34. The number of nitro groups is 1. The Morgan fingerprint density at radius 2 is 2.06 bits per heavy atom. The van der Waals surface area contributed by atoms with Crippen molar-refractivity contribution in [3.05, 3.63) is 40.5 Å². The summed E-state index contributed by atoms with van der Waals surface area (Å²) in [5, 5.41) is 20.9. The van der Waals surface area contributed by atoms with E-state index in [0.717, 1.165) is 0 Å². The van der Waals surface area contributed by atoms with Crippen LogP contribution in [-0.4, -0.2) is 15.0 Å². The van der Waals surface area contributed by atoms with Gasteiger partial charge in [-0.25, -0.2) is 0 Å². The molecule has 2 N–H and O–H groups in total. The molecule has 2 rings (SSSR count). The highest BCUT2D eigenvalue weighted by Gasteiger charge is 2.25. The van der Waals surface area contributed by atoms with Crippen molar-refractivity contribution in [2.24, 2.45) is 0 Å². The number of aromatic hydroxyl groups is 1. The van der Waals surface area contributed by atoms with Crippen LogP contribution < -0.4 is 5.56 Å². The molecular formula is C9H3Br2ClN2O4. The highest BCUT2D eigenvalue weighted by Crippen LogP contribution is 2.42. The van der Waals surface area contributed by atoms with E-state index >= 15 is 0 Å². The molecule has 0 fully saturated rings. The van der Waals surface area contributed by atoms with Gasteiger partial charge >= 0.3 is 11.2 Å². The third-order valence-electron chi connectivity index (χ3n) is 2.27. The van der Waals surface area contributed by atoms with Gasteiger partial charge in [0.05, 0.1) is 25.3 Å². The van der Waals surface area contributed by atoms with Crippen LogP contribution in [0.25, 0.3) is 10.9 Å². The molecule has 6 nitrogen and oxygen atoms in total. The van der Waals surface area contributed by atoms with E-state index in [4.69, 9.17) is 11.6 Å². The average molecular weight is 398 g/mol. The van der Waals surface area contributed by atoms with Crippen molar-refractivity contribution in [1.29, 1.82) is 0 Å². The molecule has 9 heteroatoms. The fourth-order valence-corrected chi connectivity index (χ4v) is 2.96. The number of aromatic amines is 1. The average Bonchev–Trinajstić information content (AvgIpc) is 2.24. The number of benzene rings is 1. The fraction of sp³-hybridized carbons (Fsp3) is 0. The first-order chi connectivity index (χ1) is 8.34. The number of pyridine rings is 1. The highest BCUT2D eigenvalue weighted by molar-refractivity contribution is 9.11. The zero-order valence-corrected chi connectivity index (χ0v) is 12.3. The largest absolute Gasteiger partial charge is 0.501 e. The predicted molar refractivity (Wildman–Crippen MR) is 73.3 cm³/mol. The number of nitrogens with one attached hydrogen (secondary N) is 1. The van der Waals surface area contributed by atoms with Crippen molar-refractivity contribution in [2.45, 2.75) is 0 Å². The van der Waals surface area contributed by atoms with Crippen LogP contribution in [0, 0.1) is 10.1 Å². The summed E-state index contributed by atoms with van der Waals surface area (Å²) >= 11 is 12.2. The van der Waals surface area contributed by atoms with Crippen LogP contribution in [0.1, 0.15) is 0 Å². The van der Waals surface area contributed by atoms with Gasteiger partial charge in [-0.3, -0.25) is 14.9 Å². The molecule has 18 heavy (non-hydrogen) atoms. The molecule has 0 spiro atoms. The summed E-state index contributed by atoms with van der Waals surface area (Å²) in [6.07, 6.45) is 0. The predicted octanol–water partition coefficient (Wildman–Crippen LogP) is 3.32. The fourth-order valence-electron chi connectivity index (χ4n) is 1.50. The Balaban J connectivity index is 3.07. The standard InChI is InChI=1S/C9H3Br2ClN2O4/c10-2-1-3-4(5(11)6(2)12)8(15)7(14(17)18)9(16)13-3/h1H,(H2,13,15,16). The zero-order chi connectivity index (χ0) is 13.6. The van der Waals surface area contributed by atoms with E-state index in [-0.39, 0.29) is 20.4 Å². The first-order valence-electron chi connectivity index (χ1n) is 4.41. The quantitative estimate of drug-likeness (QED) is 0.438. The molecule has 0 aliphatic heterocycles. The van der Waals surface area contributed by atoms with Crippen molar-refractivity contribution < 1.29 is 10.0 Å². The molecular weight excluding hydrogens is 395 g/mol. The Bertz CT molecular complexity index is 744. The molecule has 0 aliphatic rings. The Kier molecular flexibility index (Phi) is 3.35. The lowest BCUT2D eigenvalue weighted by Crippen LogP contribution is -2.11. The van der Waals surface area contributed by atoms with E-state index in [2.05, 4.69) is 36.8 Å². The summed E-state index contributed by atoms with van der Waals surface area (Å²) in [5.41, 5.74) is -1.67. The normalized spacial score (nSPS) is 10.8. The molecule has 94 valence electrons. The molecule has 0 amide bonds. The van der Waals surface area contributed by atoms with Crippen LogP contribution in [0.5, 0.6) is 5.75 Å². The maximum absolute atomic E-state index is 11.5. The van der Waals surface area contributed by atoms with E-state index in [1.807, 2.05) is 0 Å². The number of hydrogen-bond donors (Lipinski definition) is 2. The SMILES string of the molecule is O=c1[nH]c2cc(Br)c(Cl)c(Br)c2c(O)c1[N+](=O)[O-]. The van der Waals surface area contributed by atoms with Gasteiger partial charge in [-0.05, 0) is 37.9 Å². The van der Waals surface area contributed by atoms with Gasteiger partial charge in [-0.1, -0.05) is 11.6 Å². The van der Waals surface area contributed by atoms with Gasteiger partial charge in [0, 0.05) is 4.47 Å². The van der Waals surface area contributed by atoms with E-state index in [1.165, 1.54) is 6.07 Å². The zero-order valence-electron chi connectivity index (χ0n) is 8.33. The minimum absolute atomic E-state index is 0.0782. The van der Waals surface area contributed by atoms with Crippen molar-refractivity contribution in [3.8, 4) is 5.75 Å². The van der Waals surface area contributed by atoms with Crippen molar-refractivity contribution in [3.63, 3.8) is 0 Å². The van der Waals surface area contributed by atoms with Crippen LogP contribution in [0.15, 0.2) is 19.8 Å². The number of fused-ring (bicyclic) bond motifs is 1. The number of H-pyrrole nitrogens is 1. The Hall–Kier alpha value is -1.12. The van der Waals surface area contributed by atoms with Crippen molar-refractivity contribution in [2.75, 3.05) is 0 Å². The van der Waals surface area contributed by atoms with Crippen molar-refractivity contribution in [1.82, 2.24) is 4.98 Å². The van der Waals surface area contributed by atoms with Gasteiger partial charge in [-0.2, -0.15) is 0 Å². The number of halogens is 3. The van der Waals surface area contributed by atoms with Crippen LogP contribution in [0.2, 0.25) is 5.02 Å². The second kappa shape index (κ2) is 4.52. The Labute approximate surface area is 121 Å². The van der Waals surface area contributed by atoms with E-state index in [0.29, 0.717) is 4.47 Å². The molecule has 0 atom stereocenters. The molecule has 0 radical (unpaired) electrons. The lowest BCUT2D eigenvalue weighted by Gasteiger charge is -2.07. The first-order valence-corrected chi connectivity index (χ1v) is 6.37. The molecule has 2 aromatic rings. The smallest absolute Gasteiger partial charge is 0.375 e. The van der Waals surface area contributed by atoms with E-state index < -0.39 is 21.9 Å². The van der Waals surface area contributed by atoms with Crippen LogP contribution >= 0.6 is 43.5 Å². The minimum Gasteiger partial charge on any atom is -0.501 e. The molecule has 0 unspecified atom stereocenters. The molecule has 0 aliphatic carbocycles. The molecule has 0 saturated carbocycles. The van der Waals surface area contributed by atoms with E-state index in [9.17, 15) is 20.0 Å². The monoisotopic (exact) mass is 396 g/mol. The number of aromatic nitrogens is 1. The molecule has 1 aromatic carbocycles.